The quantitative estimate of drug-likeness (QED) is 0.0829. The Labute approximate surface area is 349 Å². The molecule has 1 aliphatic heterocycles. The van der Waals surface area contributed by atoms with Gasteiger partial charge in [-0.25, -0.2) is 0 Å². The number of carbonyl (C=O) groups is 8. The molecule has 0 bridgehead atoms. The monoisotopic (exact) mass is 848 g/mol. The van der Waals surface area contributed by atoms with Crippen LogP contribution in [-0.2, 0) is 44.8 Å². The minimum atomic E-state index is -1.58. The van der Waals surface area contributed by atoms with Crippen LogP contribution in [-0.4, -0.2) is 145 Å². The van der Waals surface area contributed by atoms with Crippen LogP contribution in [0.15, 0.2) is 30.3 Å². The van der Waals surface area contributed by atoms with E-state index in [0.29, 0.717) is 5.56 Å². The van der Waals surface area contributed by atoms with Crippen LogP contribution in [0.5, 0.6) is 0 Å². The van der Waals surface area contributed by atoms with Crippen LogP contribution in [0.2, 0.25) is 0 Å². The van der Waals surface area contributed by atoms with Crippen LogP contribution in [0.3, 0.4) is 0 Å². The third-order valence-electron chi connectivity index (χ3n) is 9.48. The van der Waals surface area contributed by atoms with E-state index in [1.165, 1.54) is 6.92 Å². The van der Waals surface area contributed by atoms with Gasteiger partial charge in [0.15, 0.2) is 0 Å². The van der Waals surface area contributed by atoms with Gasteiger partial charge in [-0.15, -0.1) is 0 Å². The van der Waals surface area contributed by atoms with Gasteiger partial charge in [-0.05, 0) is 70.1 Å². The first-order valence-corrected chi connectivity index (χ1v) is 20.0. The third kappa shape index (κ3) is 16.8. The number of nitrogens with one attached hydrogen (secondary N) is 8. The molecule has 1 fully saturated rings. The first-order valence-electron chi connectivity index (χ1n) is 20.0. The molecule has 22 heteroatoms. The molecule has 1 aromatic rings. The zero-order valence-corrected chi connectivity index (χ0v) is 34.4. The molecule has 2 rings (SSSR count). The van der Waals surface area contributed by atoms with Crippen LogP contribution >= 0.6 is 0 Å². The molecule has 22 nitrogen and oxygen atoms in total. The highest BCUT2D eigenvalue weighted by atomic mass is 16.3. The minimum absolute atomic E-state index is 0.0502. The Bertz CT molecular complexity index is 1600. The van der Waals surface area contributed by atoms with Crippen molar-refractivity contribution in [3.63, 3.8) is 0 Å². The molecule has 336 valence electrons. The van der Waals surface area contributed by atoms with E-state index in [0.717, 1.165) is 0 Å². The normalized spacial score (nSPS) is 25.6. The second-order valence-electron chi connectivity index (χ2n) is 15.0. The van der Waals surface area contributed by atoms with Gasteiger partial charge in [0.05, 0.1) is 12.7 Å². The molecule has 0 aromatic heterocycles. The number of rotatable bonds is 14. The lowest BCUT2D eigenvalue weighted by Crippen LogP contribution is -2.61. The van der Waals surface area contributed by atoms with Crippen LogP contribution in [0.4, 0.5) is 0 Å². The van der Waals surface area contributed by atoms with Crippen molar-refractivity contribution in [2.24, 2.45) is 28.9 Å². The number of benzene rings is 1. The van der Waals surface area contributed by atoms with E-state index in [9.17, 15) is 48.6 Å². The Balaban J connectivity index is 2.69. The number of hydrogen-bond acceptors (Lipinski definition) is 14. The van der Waals surface area contributed by atoms with Crippen LogP contribution in [0.1, 0.15) is 58.4 Å². The van der Waals surface area contributed by atoms with Crippen molar-refractivity contribution in [3.8, 4) is 0 Å². The predicted octanol–water partition coefficient (Wildman–Crippen LogP) is -6.06. The van der Waals surface area contributed by atoms with Crippen molar-refractivity contribution in [2.75, 3.05) is 32.8 Å². The lowest BCUT2D eigenvalue weighted by Gasteiger charge is -2.28. The highest BCUT2D eigenvalue weighted by molar-refractivity contribution is 5.98. The topological polar surface area (TPSA) is 377 Å². The minimum Gasteiger partial charge on any atom is -0.394 e. The molecular weight excluding hydrogens is 784 g/mol. The predicted molar refractivity (Wildman–Crippen MR) is 218 cm³/mol. The SMILES string of the molecule is CC(C)C[C@@H]1NC(=O)[C@@H](Cc2ccccc2)NC(=O)[C@H](CCN)NC(=O)[C@@H](NC(=O)[C@H](N)CO)CCNC(=O)C([C@@H](C)O)NC(=O)[C@H](CCN)NC(=O)[C@H](CCN)NC1=O. The maximum Gasteiger partial charge on any atom is 0.245 e. The zero-order valence-electron chi connectivity index (χ0n) is 34.4. The Morgan fingerprint density at radius 1 is 0.683 bits per heavy atom. The van der Waals surface area contributed by atoms with Crippen molar-refractivity contribution < 1.29 is 48.6 Å². The summed E-state index contributed by atoms with van der Waals surface area (Å²) in [4.78, 5) is 109. The first-order chi connectivity index (χ1) is 28.4. The fourth-order valence-electron chi connectivity index (χ4n) is 6.17. The second-order valence-corrected chi connectivity index (χ2v) is 15.0. The van der Waals surface area contributed by atoms with E-state index in [2.05, 4.69) is 42.5 Å². The summed E-state index contributed by atoms with van der Waals surface area (Å²) in [5, 5.41) is 40.2. The van der Waals surface area contributed by atoms with Gasteiger partial charge in [-0.1, -0.05) is 44.2 Å². The highest BCUT2D eigenvalue weighted by Gasteiger charge is 2.35. The molecule has 18 N–H and O–H groups in total. The number of amides is 8. The number of aliphatic hydroxyl groups is 2. The van der Waals surface area contributed by atoms with Gasteiger partial charge >= 0.3 is 0 Å². The van der Waals surface area contributed by atoms with Gasteiger partial charge in [-0.2, -0.15) is 0 Å². The second kappa shape index (κ2) is 26.1. The van der Waals surface area contributed by atoms with E-state index >= 15 is 0 Å². The third-order valence-corrected chi connectivity index (χ3v) is 9.48. The Morgan fingerprint density at radius 2 is 1.13 bits per heavy atom. The average Bonchev–Trinajstić information content (AvgIpc) is 3.20. The van der Waals surface area contributed by atoms with E-state index < -0.39 is 108 Å². The van der Waals surface area contributed by atoms with Gasteiger partial charge in [0.25, 0.3) is 0 Å². The summed E-state index contributed by atoms with van der Waals surface area (Å²) in [6, 6.07) is -2.35. The number of aliphatic hydroxyl groups excluding tert-OH is 2. The molecule has 9 atom stereocenters. The maximum atomic E-state index is 14.1. The fourth-order valence-corrected chi connectivity index (χ4v) is 6.17. The van der Waals surface area contributed by atoms with E-state index in [1.807, 2.05) is 0 Å². The van der Waals surface area contributed by atoms with Crippen molar-refractivity contribution in [3.05, 3.63) is 35.9 Å². The standard InChI is InChI=1S/C38H64N12O10/c1-20(2)17-28-36(58)47-24(9-13-39)32(54)46-26(11-15-41)35(57)50-30(21(3)52)38(60)43-16-12-27(44-31(53)23(42)19-51)34(56)45-25(10-14-40)33(55)49-29(37(59)48-28)18-22-7-5-4-6-8-22/h4-8,20-21,23-30,51-52H,9-19,39-42H2,1-3H3,(H,43,60)(H,44,53)(H,45,56)(H,46,54)(H,47,58)(H,48,59)(H,49,55)(H,50,57)/t21-,23-,24+,25+,26+,27+,28+,29-,30?/m1/s1. The van der Waals surface area contributed by atoms with Crippen LogP contribution in [0, 0.1) is 5.92 Å². The number of hydrogen-bond donors (Lipinski definition) is 14. The molecule has 0 saturated carbocycles. The average molecular weight is 849 g/mol. The molecule has 1 aromatic carbocycles. The summed E-state index contributed by atoms with van der Waals surface area (Å²) in [5.74, 6) is -6.99. The summed E-state index contributed by atoms with van der Waals surface area (Å²) in [5.41, 5.74) is 23.7. The van der Waals surface area contributed by atoms with Crippen LogP contribution < -0.4 is 65.5 Å². The van der Waals surface area contributed by atoms with Crippen LogP contribution in [0.25, 0.3) is 0 Å². The molecule has 8 amide bonds. The molecule has 60 heavy (non-hydrogen) atoms. The highest BCUT2D eigenvalue weighted by Crippen LogP contribution is 2.10. The van der Waals surface area contributed by atoms with E-state index in [1.54, 1.807) is 44.2 Å². The van der Waals surface area contributed by atoms with Gasteiger partial charge in [0, 0.05) is 13.0 Å². The molecule has 1 unspecified atom stereocenters. The number of nitrogens with two attached hydrogens (primary N) is 4. The summed E-state index contributed by atoms with van der Waals surface area (Å²) >= 11 is 0. The van der Waals surface area contributed by atoms with Crippen molar-refractivity contribution in [2.45, 2.75) is 114 Å². The van der Waals surface area contributed by atoms with E-state index in [4.69, 9.17) is 22.9 Å². The van der Waals surface area contributed by atoms with Crippen molar-refractivity contribution in [1.82, 2.24) is 42.5 Å². The summed E-state index contributed by atoms with van der Waals surface area (Å²) in [6.07, 6.45) is -2.07. The Morgan fingerprint density at radius 3 is 1.62 bits per heavy atom. The molecule has 1 aliphatic rings. The van der Waals surface area contributed by atoms with Crippen molar-refractivity contribution in [1.29, 1.82) is 0 Å². The molecular formula is C38H64N12O10. The Hall–Kier alpha value is -5.26. The first kappa shape index (κ1) is 50.9. The zero-order chi connectivity index (χ0) is 44.9. The Kier molecular flexibility index (Phi) is 22.1. The van der Waals surface area contributed by atoms with E-state index in [-0.39, 0.29) is 70.6 Å². The largest absolute Gasteiger partial charge is 0.394 e. The molecule has 0 radical (unpaired) electrons. The lowest BCUT2D eigenvalue weighted by molar-refractivity contribution is -0.136. The van der Waals surface area contributed by atoms with Crippen molar-refractivity contribution >= 4 is 47.3 Å². The lowest BCUT2D eigenvalue weighted by atomic mass is 10.00. The summed E-state index contributed by atoms with van der Waals surface area (Å²) in [6.45, 7) is 3.47. The van der Waals surface area contributed by atoms with Gasteiger partial charge in [0.1, 0.15) is 48.3 Å². The number of carbonyl (C=O) groups excluding carboxylic acids is 8. The molecule has 0 spiro atoms. The summed E-state index contributed by atoms with van der Waals surface area (Å²) < 4.78 is 0. The van der Waals surface area contributed by atoms with Gasteiger partial charge in [-0.3, -0.25) is 38.4 Å². The molecule has 1 saturated heterocycles. The maximum absolute atomic E-state index is 14.1. The fraction of sp³-hybridized carbons (Fsp3) is 0.632. The van der Waals surface area contributed by atoms with Gasteiger partial charge < -0.3 is 75.7 Å². The molecule has 0 aliphatic carbocycles. The summed E-state index contributed by atoms with van der Waals surface area (Å²) in [7, 11) is 0. The molecule has 1 heterocycles. The van der Waals surface area contributed by atoms with Gasteiger partial charge in [0.2, 0.25) is 47.3 Å². The smallest absolute Gasteiger partial charge is 0.245 e.